The summed E-state index contributed by atoms with van der Waals surface area (Å²) in [5, 5.41) is 23.3. The van der Waals surface area contributed by atoms with E-state index in [0.29, 0.717) is 11.4 Å². The van der Waals surface area contributed by atoms with Crippen LogP contribution in [0.5, 0.6) is 11.5 Å². The van der Waals surface area contributed by atoms with Gasteiger partial charge in [-0.25, -0.2) is 0 Å². The molecule has 0 atom stereocenters. The van der Waals surface area contributed by atoms with Crippen LogP contribution in [0.2, 0.25) is 0 Å². The summed E-state index contributed by atoms with van der Waals surface area (Å²) in [5.74, 6) is -1.04. The van der Waals surface area contributed by atoms with Crippen molar-refractivity contribution in [2.45, 2.75) is 9.79 Å². The van der Waals surface area contributed by atoms with Gasteiger partial charge in [-0.2, -0.15) is 16.8 Å². The van der Waals surface area contributed by atoms with E-state index in [1.807, 2.05) is 36.4 Å². The Morgan fingerprint density at radius 1 is 0.564 bits per heavy atom. The fourth-order valence-corrected chi connectivity index (χ4v) is 3.87. The molecule has 10 nitrogen and oxygen atoms in total. The largest absolute Gasteiger partial charge is 2.00 e. The molecule has 0 bridgehead atoms. The maximum atomic E-state index is 11.6. The Morgan fingerprint density at radius 3 is 1.18 bits per heavy atom. The van der Waals surface area contributed by atoms with Crippen LogP contribution in [-0.2, 0) is 37.0 Å². The number of benzene rings is 4. The molecule has 0 aliphatic heterocycles. The van der Waals surface area contributed by atoms with Gasteiger partial charge in [-0.1, -0.05) is 60.0 Å². The van der Waals surface area contributed by atoms with Gasteiger partial charge < -0.3 is 10.2 Å². The number of hydrogen-bond donors (Lipinski definition) is 2. The van der Waals surface area contributed by atoms with Gasteiger partial charge in [0.2, 0.25) is 0 Å². The Labute approximate surface area is 235 Å². The third-order valence-corrected chi connectivity index (χ3v) is 6.48. The van der Waals surface area contributed by atoms with Crippen molar-refractivity contribution in [2.75, 3.05) is 0 Å². The molecule has 2 N–H and O–H groups in total. The van der Waals surface area contributed by atoms with Gasteiger partial charge in [0, 0.05) is 12.4 Å². The first-order valence-corrected chi connectivity index (χ1v) is 13.6. The van der Waals surface area contributed by atoms with Crippen molar-refractivity contribution in [3.05, 3.63) is 108 Å². The summed E-state index contributed by atoms with van der Waals surface area (Å²) in [6.07, 6.45) is 2.71. The van der Waals surface area contributed by atoms with Crippen molar-refractivity contribution >= 4 is 44.0 Å². The molecule has 0 aromatic heterocycles. The van der Waals surface area contributed by atoms with Crippen molar-refractivity contribution in [3.63, 3.8) is 0 Å². The summed E-state index contributed by atoms with van der Waals surface area (Å²) >= 11 is 0. The average molecular weight is 612 g/mol. The van der Waals surface area contributed by atoms with E-state index in [4.69, 9.17) is 9.11 Å². The summed E-state index contributed by atoms with van der Waals surface area (Å²) < 4.78 is 61.1. The van der Waals surface area contributed by atoms with Crippen LogP contribution in [0.3, 0.4) is 0 Å². The summed E-state index contributed by atoms with van der Waals surface area (Å²) in [6, 6.07) is 24.7. The predicted octanol–water partition coefficient (Wildman–Crippen LogP) is 3.51. The van der Waals surface area contributed by atoms with E-state index in [1.54, 1.807) is 24.3 Å². The zero-order valence-corrected chi connectivity index (χ0v) is 22.5. The monoisotopic (exact) mass is 611 g/mol. The van der Waals surface area contributed by atoms with Crippen molar-refractivity contribution < 1.29 is 52.9 Å². The molecule has 39 heavy (non-hydrogen) atoms. The predicted molar refractivity (Wildman–Crippen MR) is 139 cm³/mol. The molecular weight excluding hydrogens is 591 g/mol. The van der Waals surface area contributed by atoms with Crippen LogP contribution in [-0.4, -0.2) is 38.4 Å². The van der Waals surface area contributed by atoms with Crippen LogP contribution in [0.25, 0.3) is 0 Å². The molecule has 4 rings (SSSR count). The molecule has 1 radical (unpaired) electrons. The van der Waals surface area contributed by atoms with E-state index in [1.165, 1.54) is 24.6 Å². The van der Waals surface area contributed by atoms with Crippen LogP contribution in [0.4, 0.5) is 11.4 Å². The maximum Gasteiger partial charge on any atom is 2.00 e. The summed E-state index contributed by atoms with van der Waals surface area (Å²) in [5.41, 5.74) is 1.86. The van der Waals surface area contributed by atoms with Gasteiger partial charge in [-0.05, 0) is 59.7 Å². The number of para-hydroxylation sites is 2. The topological polar surface area (TPSA) is 180 Å². The quantitative estimate of drug-likeness (QED) is 0.246. The van der Waals surface area contributed by atoms with Gasteiger partial charge in [-0.15, -0.1) is 0 Å². The summed E-state index contributed by atoms with van der Waals surface area (Å²) in [7, 11) is -8.71. The molecule has 0 aliphatic rings. The molecule has 0 amide bonds. The maximum absolute atomic E-state index is 11.6. The Morgan fingerprint density at radius 2 is 0.897 bits per heavy atom. The molecule has 0 fully saturated rings. The Kier molecular flexibility index (Phi) is 11.1. The van der Waals surface area contributed by atoms with Crippen molar-refractivity contribution in [1.29, 1.82) is 0 Å². The molecule has 4 aromatic rings. The zero-order valence-electron chi connectivity index (χ0n) is 19.8. The molecular formula is C26H20CoN2O8S2. The molecule has 0 unspecified atom stereocenters. The second-order valence-electron chi connectivity index (χ2n) is 7.54. The molecule has 0 saturated heterocycles. The van der Waals surface area contributed by atoms with Gasteiger partial charge >= 0.3 is 16.8 Å². The molecule has 13 heteroatoms. The summed E-state index contributed by atoms with van der Waals surface area (Å²) in [4.78, 5) is 7.34. The Hall–Kier alpha value is -3.85. The minimum absolute atomic E-state index is 0. The molecule has 0 aliphatic carbocycles. The minimum atomic E-state index is -4.35. The second kappa shape index (κ2) is 13.8. The fourth-order valence-electron chi connectivity index (χ4n) is 2.88. The smallest absolute Gasteiger partial charge is 0.872 e. The van der Waals surface area contributed by atoms with Crippen LogP contribution in [0.1, 0.15) is 11.1 Å². The normalized spacial score (nSPS) is 11.5. The summed E-state index contributed by atoms with van der Waals surface area (Å²) in [6.45, 7) is 0. The van der Waals surface area contributed by atoms with Crippen molar-refractivity contribution in [1.82, 2.24) is 0 Å². The Balaban J connectivity index is 0.000000267. The molecule has 0 saturated carbocycles. The number of hydrogen-bond acceptors (Lipinski definition) is 8. The van der Waals surface area contributed by atoms with E-state index < -0.39 is 41.5 Å². The minimum Gasteiger partial charge on any atom is -0.872 e. The van der Waals surface area contributed by atoms with Crippen molar-refractivity contribution in [2.24, 2.45) is 9.98 Å². The van der Waals surface area contributed by atoms with Crippen LogP contribution < -0.4 is 10.2 Å². The van der Waals surface area contributed by atoms with Crippen LogP contribution >= 0.6 is 0 Å². The van der Waals surface area contributed by atoms with Gasteiger partial charge in [0.05, 0.1) is 21.2 Å². The molecule has 203 valence electrons. The SMILES string of the molecule is O=S(=O)(O)c1ccc(C=Nc2ccccc2)c([O-])c1.O=S(=O)(O)c1ccc(C=Nc2ccccc2)c([O-])c1.[Co+2]. The van der Waals surface area contributed by atoms with E-state index in [0.717, 1.165) is 24.3 Å². The van der Waals surface area contributed by atoms with Gasteiger partial charge in [0.1, 0.15) is 0 Å². The molecule has 0 heterocycles. The van der Waals surface area contributed by atoms with Gasteiger partial charge in [-0.3, -0.25) is 19.1 Å². The number of nitrogens with zero attached hydrogens (tertiary/aromatic N) is 2. The fraction of sp³-hybridized carbons (Fsp3) is 0. The standard InChI is InChI=1S/2C13H11NO4S.Co/c2*15-13-8-12(19(16,17)18)7-6-10(13)9-14-11-4-2-1-3-5-11;/h2*1-9,15H,(H,16,17,18);/q;;+2/p-2. The number of rotatable bonds is 6. The van der Waals surface area contributed by atoms with E-state index in [2.05, 4.69) is 9.98 Å². The molecule has 4 aromatic carbocycles. The van der Waals surface area contributed by atoms with Gasteiger partial charge in [0.25, 0.3) is 20.2 Å². The van der Waals surface area contributed by atoms with E-state index >= 15 is 0 Å². The first-order chi connectivity index (χ1) is 17.9. The number of aliphatic imine (C=N–C) groups is 2. The van der Waals surface area contributed by atoms with Gasteiger partial charge in [0.15, 0.2) is 0 Å². The Bertz CT molecular complexity index is 1550. The second-order valence-corrected chi connectivity index (χ2v) is 10.4. The molecule has 0 spiro atoms. The average Bonchev–Trinajstić information content (AvgIpc) is 2.88. The zero-order chi connectivity index (χ0) is 27.8. The van der Waals surface area contributed by atoms with Crippen LogP contribution in [0.15, 0.2) is 117 Å². The van der Waals surface area contributed by atoms with E-state index in [-0.39, 0.29) is 27.9 Å². The third kappa shape index (κ3) is 9.75. The first kappa shape index (κ1) is 31.4. The third-order valence-electron chi connectivity index (χ3n) is 4.78. The van der Waals surface area contributed by atoms with Crippen molar-refractivity contribution in [3.8, 4) is 11.5 Å². The first-order valence-electron chi connectivity index (χ1n) is 10.7. The van der Waals surface area contributed by atoms with Crippen LogP contribution in [0, 0.1) is 0 Å². The van der Waals surface area contributed by atoms with E-state index in [9.17, 15) is 27.0 Å².